The van der Waals surface area contributed by atoms with E-state index in [0.717, 1.165) is 12.8 Å². The van der Waals surface area contributed by atoms with Crippen LogP contribution >= 0.6 is 0 Å². The van der Waals surface area contributed by atoms with E-state index in [0.29, 0.717) is 6.61 Å². The number of aliphatic hydroxyl groups is 1. The number of aliphatic hydroxyl groups excluding tert-OH is 1. The van der Waals surface area contributed by atoms with Gasteiger partial charge in [0.05, 0.1) is 0 Å². The van der Waals surface area contributed by atoms with Crippen LogP contribution in [0.5, 0.6) is 0 Å². The number of rotatable bonds is 5. The summed E-state index contributed by atoms with van der Waals surface area (Å²) in [5.74, 6) is 0. The van der Waals surface area contributed by atoms with Gasteiger partial charge in [-0.3, -0.25) is 0 Å². The SMILES string of the molecule is CCCCO.[CH2-]C(C)(C)c1ccccc1.[CH2-]C(C)(C)c1ccccc1.[CH2-]C(C)(C)c1ccccc1.[Zr+3]. The van der Waals surface area contributed by atoms with E-state index < -0.39 is 0 Å². The number of benzene rings is 3. The summed E-state index contributed by atoms with van der Waals surface area (Å²) in [7, 11) is 0. The fraction of sp³-hybridized carbons (Fsp3) is 0.382. The van der Waals surface area contributed by atoms with Gasteiger partial charge in [0.15, 0.2) is 0 Å². The molecule has 0 spiro atoms. The average molecular weight is 565 g/mol. The van der Waals surface area contributed by atoms with Crippen LogP contribution in [0.1, 0.15) is 78.0 Å². The van der Waals surface area contributed by atoms with Crippen molar-refractivity contribution in [1.82, 2.24) is 0 Å². The maximum Gasteiger partial charge on any atom is 3.00 e. The minimum Gasteiger partial charge on any atom is -0.396 e. The topological polar surface area (TPSA) is 20.2 Å². The Bertz CT molecular complexity index is 748. The van der Waals surface area contributed by atoms with E-state index in [9.17, 15) is 0 Å². The van der Waals surface area contributed by atoms with Gasteiger partial charge in [-0.25, -0.2) is 0 Å². The molecule has 1 radical (unpaired) electrons. The standard InChI is InChI=1S/3C10H13.C4H10O.Zr/c3*1-10(2,3)9-7-5-4-6-8-9;1-2-3-4-5;/h3*4-8H,1H2,2-3H3;5H,2-4H2,1H3;/q3*-1;;+3. The van der Waals surface area contributed by atoms with Crippen molar-refractivity contribution < 1.29 is 31.3 Å². The molecule has 36 heavy (non-hydrogen) atoms. The van der Waals surface area contributed by atoms with Crippen LogP contribution in [0.2, 0.25) is 0 Å². The molecule has 0 aliphatic heterocycles. The second-order valence-electron chi connectivity index (χ2n) is 10.8. The van der Waals surface area contributed by atoms with Crippen molar-refractivity contribution in [2.45, 2.75) is 77.6 Å². The molecule has 0 fully saturated rings. The fourth-order valence-corrected chi connectivity index (χ4v) is 2.83. The Hall–Kier alpha value is -1.50. The minimum atomic E-state index is 0. The van der Waals surface area contributed by atoms with E-state index in [1.165, 1.54) is 16.7 Å². The Morgan fingerprint density at radius 2 is 0.750 bits per heavy atom. The fourth-order valence-electron chi connectivity index (χ4n) is 2.83. The maximum atomic E-state index is 8.07. The molecule has 0 aliphatic rings. The van der Waals surface area contributed by atoms with Crippen molar-refractivity contribution in [3.63, 3.8) is 0 Å². The van der Waals surface area contributed by atoms with E-state index in [1.54, 1.807) is 0 Å². The first-order chi connectivity index (χ1) is 16.2. The zero-order chi connectivity index (χ0) is 27.0. The van der Waals surface area contributed by atoms with E-state index >= 15 is 0 Å². The molecule has 0 atom stereocenters. The number of unbranched alkanes of at least 4 members (excludes halogenated alkanes) is 1. The molecular weight excluding hydrogens is 516 g/mol. The Labute approximate surface area is 242 Å². The normalized spacial score (nSPS) is 10.8. The van der Waals surface area contributed by atoms with Gasteiger partial charge >= 0.3 is 26.2 Å². The van der Waals surface area contributed by atoms with Crippen LogP contribution in [-0.2, 0) is 42.4 Å². The van der Waals surface area contributed by atoms with Gasteiger partial charge in [-0.1, -0.05) is 163 Å². The zero-order valence-electron chi connectivity index (χ0n) is 23.9. The first kappa shape index (κ1) is 36.7. The molecule has 3 aromatic rings. The average Bonchev–Trinajstić information content (AvgIpc) is 2.81. The van der Waals surface area contributed by atoms with Crippen molar-refractivity contribution in [3.8, 4) is 0 Å². The summed E-state index contributed by atoms with van der Waals surface area (Å²) in [5.41, 5.74) is 3.99. The summed E-state index contributed by atoms with van der Waals surface area (Å²) >= 11 is 0. The molecule has 3 aromatic carbocycles. The molecule has 0 bridgehead atoms. The molecule has 195 valence electrons. The third-order valence-electron chi connectivity index (χ3n) is 5.18. The molecule has 0 unspecified atom stereocenters. The van der Waals surface area contributed by atoms with Gasteiger partial charge in [0.1, 0.15) is 0 Å². The van der Waals surface area contributed by atoms with E-state index in [4.69, 9.17) is 5.11 Å². The number of hydrogen-bond donors (Lipinski definition) is 1. The van der Waals surface area contributed by atoms with Crippen molar-refractivity contribution >= 4 is 0 Å². The Balaban J connectivity index is 0. The zero-order valence-corrected chi connectivity index (χ0v) is 26.3. The second kappa shape index (κ2) is 18.7. The van der Waals surface area contributed by atoms with Crippen LogP contribution < -0.4 is 0 Å². The molecule has 0 saturated carbocycles. The molecule has 0 aromatic heterocycles. The summed E-state index contributed by atoms with van der Waals surface area (Å²) in [6.07, 6.45) is 2.04. The molecule has 1 nitrogen and oxygen atoms in total. The third kappa shape index (κ3) is 17.9. The molecule has 0 amide bonds. The Kier molecular flexibility index (Phi) is 19.0. The summed E-state index contributed by atoms with van der Waals surface area (Å²) in [5, 5.41) is 8.07. The quantitative estimate of drug-likeness (QED) is 0.306. The first-order valence-corrected chi connectivity index (χ1v) is 12.6. The van der Waals surface area contributed by atoms with Crippen LogP contribution in [0.3, 0.4) is 0 Å². The van der Waals surface area contributed by atoms with Gasteiger partial charge in [0, 0.05) is 6.61 Å². The van der Waals surface area contributed by atoms with Crippen LogP contribution in [0.15, 0.2) is 91.0 Å². The van der Waals surface area contributed by atoms with Crippen molar-refractivity contribution in [1.29, 1.82) is 0 Å². The molecule has 0 aliphatic carbocycles. The van der Waals surface area contributed by atoms with E-state index in [1.807, 2.05) is 54.6 Å². The molecule has 1 N–H and O–H groups in total. The molecule has 2 heteroatoms. The van der Waals surface area contributed by atoms with Crippen LogP contribution in [-0.4, -0.2) is 11.7 Å². The van der Waals surface area contributed by atoms with Crippen LogP contribution in [0.4, 0.5) is 0 Å². The largest absolute Gasteiger partial charge is 3.00 e. The van der Waals surface area contributed by atoms with Crippen LogP contribution in [0, 0.1) is 20.8 Å². The van der Waals surface area contributed by atoms with Gasteiger partial charge in [0.2, 0.25) is 0 Å². The molecular formula is C34H49OZr. The first-order valence-electron chi connectivity index (χ1n) is 12.6. The summed E-state index contributed by atoms with van der Waals surface area (Å²) in [6.45, 7) is 27.2. The molecule has 0 saturated heterocycles. The van der Waals surface area contributed by atoms with Crippen LogP contribution in [0.25, 0.3) is 0 Å². The molecule has 0 heterocycles. The monoisotopic (exact) mass is 563 g/mol. The second-order valence-corrected chi connectivity index (χ2v) is 10.8. The number of hydrogen-bond acceptors (Lipinski definition) is 1. The van der Waals surface area contributed by atoms with E-state index in [-0.39, 0.29) is 42.4 Å². The Morgan fingerprint density at radius 3 is 0.833 bits per heavy atom. The summed E-state index contributed by atoms with van der Waals surface area (Å²) in [6, 6.07) is 31.0. The van der Waals surface area contributed by atoms with Crippen molar-refractivity contribution in [3.05, 3.63) is 128 Å². The van der Waals surface area contributed by atoms with Crippen molar-refractivity contribution in [2.75, 3.05) is 6.61 Å². The third-order valence-corrected chi connectivity index (χ3v) is 5.18. The van der Waals surface area contributed by atoms with Gasteiger partial charge < -0.3 is 25.9 Å². The smallest absolute Gasteiger partial charge is 0.396 e. The summed E-state index contributed by atoms with van der Waals surface area (Å²) < 4.78 is 0. The predicted octanol–water partition coefficient (Wildman–Crippen LogP) is 9.17. The molecule has 3 rings (SSSR count). The van der Waals surface area contributed by atoms with Gasteiger partial charge in [0.25, 0.3) is 0 Å². The van der Waals surface area contributed by atoms with Gasteiger partial charge in [-0.05, 0) is 6.42 Å². The van der Waals surface area contributed by atoms with Gasteiger partial charge in [-0.15, -0.1) is 16.2 Å². The van der Waals surface area contributed by atoms with E-state index in [2.05, 4.69) is 106 Å². The summed E-state index contributed by atoms with van der Waals surface area (Å²) in [4.78, 5) is 0. The Morgan fingerprint density at radius 1 is 0.528 bits per heavy atom. The van der Waals surface area contributed by atoms with Gasteiger partial charge in [-0.2, -0.15) is 0 Å². The van der Waals surface area contributed by atoms with Crippen molar-refractivity contribution in [2.24, 2.45) is 0 Å². The predicted molar refractivity (Wildman–Crippen MR) is 156 cm³/mol. The minimum absolute atomic E-state index is 0. The maximum absolute atomic E-state index is 8.07.